The Morgan fingerprint density at radius 1 is 1.55 bits per heavy atom. The second-order valence-electron chi connectivity index (χ2n) is 4.18. The van der Waals surface area contributed by atoms with Crippen molar-refractivity contribution < 1.29 is 0 Å². The average molecular weight is 170 g/mol. The molecule has 0 aliphatic heterocycles. The average Bonchev–Trinajstić information content (AvgIpc) is 1.86. The summed E-state index contributed by atoms with van der Waals surface area (Å²) in [6.07, 6.45) is 6.18. The van der Waals surface area contributed by atoms with Crippen molar-refractivity contribution in [2.75, 3.05) is 0 Å². The van der Waals surface area contributed by atoms with Gasteiger partial charge in [-0.1, -0.05) is 25.5 Å². The zero-order valence-electron chi connectivity index (χ0n) is 7.72. The molecule has 1 aliphatic carbocycles. The Morgan fingerprint density at radius 3 is 2.55 bits per heavy atom. The van der Waals surface area contributed by atoms with E-state index in [0.29, 0.717) is 0 Å². The van der Waals surface area contributed by atoms with Crippen LogP contribution in [0.25, 0.3) is 0 Å². The van der Waals surface area contributed by atoms with Crippen LogP contribution in [0.2, 0.25) is 0 Å². The van der Waals surface area contributed by atoms with Gasteiger partial charge < -0.3 is 0 Å². The number of hydrogen-bond donors (Lipinski definition) is 1. The van der Waals surface area contributed by atoms with Crippen LogP contribution in [0.15, 0.2) is 11.6 Å². The molecular weight excluding hydrogens is 152 g/mol. The van der Waals surface area contributed by atoms with Gasteiger partial charge in [-0.3, -0.25) is 0 Å². The fraction of sp³-hybridized carbons (Fsp3) is 0.800. The van der Waals surface area contributed by atoms with Gasteiger partial charge in [0.05, 0.1) is 0 Å². The molecular formula is C10H18S. The first-order valence-electron chi connectivity index (χ1n) is 4.38. The first-order chi connectivity index (χ1) is 5.00. The Bertz CT molecular complexity index is 162. The molecule has 0 unspecified atom stereocenters. The van der Waals surface area contributed by atoms with Crippen LogP contribution in [0.5, 0.6) is 0 Å². The predicted octanol–water partition coefficient (Wildman–Crippen LogP) is 3.44. The first-order valence-corrected chi connectivity index (χ1v) is 4.83. The Hall–Kier alpha value is 0.0900. The molecule has 0 saturated carbocycles. The molecule has 1 rings (SSSR count). The quantitative estimate of drug-likeness (QED) is 0.452. The summed E-state index contributed by atoms with van der Waals surface area (Å²) < 4.78 is 0.206. The highest BCUT2D eigenvalue weighted by atomic mass is 32.1. The van der Waals surface area contributed by atoms with Crippen LogP contribution in [-0.4, -0.2) is 4.75 Å². The molecule has 1 aliphatic rings. The van der Waals surface area contributed by atoms with Crippen LogP contribution in [0.3, 0.4) is 0 Å². The van der Waals surface area contributed by atoms with E-state index >= 15 is 0 Å². The third-order valence-electron chi connectivity index (χ3n) is 2.64. The fourth-order valence-corrected chi connectivity index (χ4v) is 1.84. The normalized spacial score (nSPS) is 26.5. The predicted molar refractivity (Wildman–Crippen MR) is 54.2 cm³/mol. The van der Waals surface area contributed by atoms with E-state index in [4.69, 9.17) is 0 Å². The monoisotopic (exact) mass is 170 g/mol. The maximum atomic E-state index is 4.60. The molecule has 0 radical (unpaired) electrons. The van der Waals surface area contributed by atoms with Gasteiger partial charge in [-0.15, -0.1) is 0 Å². The van der Waals surface area contributed by atoms with Gasteiger partial charge in [-0.05, 0) is 32.1 Å². The lowest BCUT2D eigenvalue weighted by Crippen LogP contribution is -2.25. The number of rotatable bonds is 1. The van der Waals surface area contributed by atoms with Crippen molar-refractivity contribution in [1.82, 2.24) is 0 Å². The van der Waals surface area contributed by atoms with Gasteiger partial charge in [0.15, 0.2) is 0 Å². The molecule has 1 heteroatoms. The summed E-state index contributed by atoms with van der Waals surface area (Å²) >= 11 is 4.60. The molecule has 0 bridgehead atoms. The Labute approximate surface area is 75.5 Å². The highest BCUT2D eigenvalue weighted by Crippen LogP contribution is 2.35. The minimum Gasteiger partial charge on any atom is -0.173 e. The topological polar surface area (TPSA) is 0 Å². The summed E-state index contributed by atoms with van der Waals surface area (Å²) in [7, 11) is 0. The van der Waals surface area contributed by atoms with Gasteiger partial charge in [-0.2, -0.15) is 12.6 Å². The second kappa shape index (κ2) is 3.22. The zero-order chi connectivity index (χ0) is 8.48. The van der Waals surface area contributed by atoms with Crippen molar-refractivity contribution in [3.8, 4) is 0 Å². The maximum absolute atomic E-state index is 4.60. The van der Waals surface area contributed by atoms with Gasteiger partial charge in [0, 0.05) is 4.75 Å². The van der Waals surface area contributed by atoms with Crippen LogP contribution in [0, 0.1) is 5.92 Å². The lowest BCUT2D eigenvalue weighted by atomic mass is 9.82. The summed E-state index contributed by atoms with van der Waals surface area (Å²) in [6, 6.07) is 0. The van der Waals surface area contributed by atoms with Gasteiger partial charge in [0.2, 0.25) is 0 Å². The van der Waals surface area contributed by atoms with E-state index in [1.165, 1.54) is 19.3 Å². The summed E-state index contributed by atoms with van der Waals surface area (Å²) in [4.78, 5) is 0. The van der Waals surface area contributed by atoms with E-state index in [-0.39, 0.29) is 4.75 Å². The standard InChI is InChI=1S/C10H18S/c1-8-4-6-9(7-5-8)10(2,3)11/h4,9,11H,5-7H2,1-3H3/t9-/m0/s1. The lowest BCUT2D eigenvalue weighted by Gasteiger charge is -2.31. The second-order valence-corrected chi connectivity index (χ2v) is 5.33. The Kier molecular flexibility index (Phi) is 2.69. The third kappa shape index (κ3) is 2.55. The van der Waals surface area contributed by atoms with Crippen LogP contribution < -0.4 is 0 Å². The third-order valence-corrected chi connectivity index (χ3v) is 3.00. The van der Waals surface area contributed by atoms with Crippen molar-refractivity contribution in [3.63, 3.8) is 0 Å². The van der Waals surface area contributed by atoms with E-state index in [9.17, 15) is 0 Å². The number of thiol groups is 1. The molecule has 0 aromatic carbocycles. The van der Waals surface area contributed by atoms with E-state index in [1.807, 2.05) is 0 Å². The smallest absolute Gasteiger partial charge is 0.0104 e. The van der Waals surface area contributed by atoms with Gasteiger partial charge >= 0.3 is 0 Å². The molecule has 0 heterocycles. The van der Waals surface area contributed by atoms with Crippen LogP contribution in [-0.2, 0) is 0 Å². The lowest BCUT2D eigenvalue weighted by molar-refractivity contribution is 0.387. The highest BCUT2D eigenvalue weighted by Gasteiger charge is 2.25. The van der Waals surface area contributed by atoms with E-state index in [1.54, 1.807) is 5.57 Å². The summed E-state index contributed by atoms with van der Waals surface area (Å²) in [6.45, 7) is 6.66. The van der Waals surface area contributed by atoms with Crippen molar-refractivity contribution in [2.24, 2.45) is 5.92 Å². The van der Waals surface area contributed by atoms with Gasteiger partial charge in [0.25, 0.3) is 0 Å². The highest BCUT2D eigenvalue weighted by molar-refractivity contribution is 7.81. The Morgan fingerprint density at radius 2 is 2.18 bits per heavy atom. The zero-order valence-corrected chi connectivity index (χ0v) is 8.62. The summed E-state index contributed by atoms with van der Waals surface area (Å²) in [5.41, 5.74) is 1.55. The first kappa shape index (κ1) is 9.18. The van der Waals surface area contributed by atoms with E-state index in [0.717, 1.165) is 5.92 Å². The van der Waals surface area contributed by atoms with Gasteiger partial charge in [0.1, 0.15) is 0 Å². The number of hydrogen-bond acceptors (Lipinski definition) is 1. The maximum Gasteiger partial charge on any atom is 0.0104 e. The molecule has 0 amide bonds. The van der Waals surface area contributed by atoms with Crippen molar-refractivity contribution in [3.05, 3.63) is 11.6 Å². The van der Waals surface area contributed by atoms with Crippen molar-refractivity contribution in [2.45, 2.75) is 44.8 Å². The molecule has 0 aromatic heterocycles. The minimum atomic E-state index is 0.206. The molecule has 0 spiro atoms. The minimum absolute atomic E-state index is 0.206. The van der Waals surface area contributed by atoms with E-state index in [2.05, 4.69) is 39.5 Å². The van der Waals surface area contributed by atoms with Crippen LogP contribution in [0.4, 0.5) is 0 Å². The summed E-state index contributed by atoms with van der Waals surface area (Å²) in [5, 5.41) is 0. The molecule has 64 valence electrons. The molecule has 0 saturated heterocycles. The van der Waals surface area contributed by atoms with Crippen molar-refractivity contribution >= 4 is 12.6 Å². The van der Waals surface area contributed by atoms with Crippen molar-refractivity contribution in [1.29, 1.82) is 0 Å². The molecule has 0 nitrogen and oxygen atoms in total. The molecule has 0 N–H and O–H groups in total. The van der Waals surface area contributed by atoms with Gasteiger partial charge in [-0.25, -0.2) is 0 Å². The van der Waals surface area contributed by atoms with Crippen LogP contribution in [0.1, 0.15) is 40.0 Å². The van der Waals surface area contributed by atoms with Crippen LogP contribution >= 0.6 is 12.6 Å². The molecule has 0 aromatic rings. The summed E-state index contributed by atoms with van der Waals surface area (Å²) in [5.74, 6) is 0.773. The Balaban J connectivity index is 2.54. The molecule has 11 heavy (non-hydrogen) atoms. The largest absolute Gasteiger partial charge is 0.173 e. The number of allylic oxidation sites excluding steroid dienone is 2. The fourth-order valence-electron chi connectivity index (χ4n) is 1.61. The molecule has 1 atom stereocenters. The van der Waals surface area contributed by atoms with E-state index < -0.39 is 0 Å². The molecule has 0 fully saturated rings. The SMILES string of the molecule is CC1=CC[C@H](C(C)(C)S)CC1.